The Morgan fingerprint density at radius 2 is 2.00 bits per heavy atom. The van der Waals surface area contributed by atoms with Crippen molar-refractivity contribution in [3.8, 4) is 0 Å². The van der Waals surface area contributed by atoms with Gasteiger partial charge in [0.05, 0.1) is 10.7 Å². The first-order valence-electron chi connectivity index (χ1n) is 3.65. The zero-order valence-electron chi connectivity index (χ0n) is 7.18. The Bertz CT molecular complexity index is 500. The lowest BCUT2D eigenvalue weighted by Gasteiger charge is -2.00. The Kier molecular flexibility index (Phi) is 3.54. The molecule has 1 aromatic carbocycles. The van der Waals surface area contributed by atoms with Gasteiger partial charge in [-0.2, -0.15) is 0 Å². The molecule has 0 heterocycles. The summed E-state index contributed by atoms with van der Waals surface area (Å²) in [5, 5.41) is 10.7. The standard InChI is InChI=1S/C7H5Cl2NO4S/c8-6-2-1-5(4-15(9,13)14)7(3-6)10(11)12/h1-3H,4H2. The molecule has 8 heteroatoms. The summed E-state index contributed by atoms with van der Waals surface area (Å²) in [6.07, 6.45) is 0. The lowest BCUT2D eigenvalue weighted by molar-refractivity contribution is -0.385. The highest BCUT2D eigenvalue weighted by molar-refractivity contribution is 8.13. The van der Waals surface area contributed by atoms with Gasteiger partial charge in [-0.1, -0.05) is 11.6 Å². The fourth-order valence-electron chi connectivity index (χ4n) is 1.01. The summed E-state index contributed by atoms with van der Waals surface area (Å²) in [5.41, 5.74) is -0.342. The lowest BCUT2D eigenvalue weighted by Crippen LogP contribution is -2.00. The van der Waals surface area contributed by atoms with Crippen molar-refractivity contribution in [2.24, 2.45) is 0 Å². The van der Waals surface area contributed by atoms with Crippen LogP contribution in [-0.4, -0.2) is 13.3 Å². The van der Waals surface area contributed by atoms with Gasteiger partial charge in [0.2, 0.25) is 9.05 Å². The molecule has 0 saturated carbocycles. The van der Waals surface area contributed by atoms with Crippen LogP contribution in [-0.2, 0) is 14.8 Å². The number of benzene rings is 1. The summed E-state index contributed by atoms with van der Waals surface area (Å²) in [7, 11) is 1.18. The molecule has 5 nitrogen and oxygen atoms in total. The highest BCUT2D eigenvalue weighted by Gasteiger charge is 2.18. The summed E-state index contributed by atoms with van der Waals surface area (Å²) < 4.78 is 21.5. The molecule has 0 spiro atoms. The van der Waals surface area contributed by atoms with Crippen molar-refractivity contribution in [3.05, 3.63) is 38.9 Å². The first kappa shape index (κ1) is 12.2. The Morgan fingerprint density at radius 3 is 2.47 bits per heavy atom. The molecule has 0 amide bonds. The van der Waals surface area contributed by atoms with Gasteiger partial charge < -0.3 is 0 Å². The molecule has 0 aliphatic rings. The summed E-state index contributed by atoms with van der Waals surface area (Å²) in [4.78, 5) is 9.86. The fraction of sp³-hybridized carbons (Fsp3) is 0.143. The zero-order valence-corrected chi connectivity index (χ0v) is 9.51. The second kappa shape index (κ2) is 4.34. The normalized spacial score (nSPS) is 11.3. The number of halogens is 2. The Labute approximate surface area is 95.2 Å². The smallest absolute Gasteiger partial charge is 0.258 e. The third kappa shape index (κ3) is 3.65. The summed E-state index contributed by atoms with van der Waals surface area (Å²) in [5.74, 6) is -0.595. The molecule has 0 radical (unpaired) electrons. The van der Waals surface area contributed by atoms with E-state index in [1.165, 1.54) is 12.1 Å². The van der Waals surface area contributed by atoms with Crippen LogP contribution in [0.1, 0.15) is 5.56 Å². The van der Waals surface area contributed by atoms with E-state index >= 15 is 0 Å². The number of nitro groups is 1. The molecule has 0 saturated heterocycles. The second-order valence-corrected chi connectivity index (χ2v) is 5.93. The minimum Gasteiger partial charge on any atom is -0.258 e. The van der Waals surface area contributed by atoms with Gasteiger partial charge in [-0.3, -0.25) is 10.1 Å². The van der Waals surface area contributed by atoms with Crippen LogP contribution in [0.15, 0.2) is 18.2 Å². The average Bonchev–Trinajstić information content (AvgIpc) is 2.05. The number of nitro benzene ring substituents is 1. The summed E-state index contributed by atoms with van der Waals surface area (Å²) >= 11 is 5.55. The minimum absolute atomic E-state index is 0.0133. The second-order valence-electron chi connectivity index (χ2n) is 2.71. The molecule has 0 atom stereocenters. The third-order valence-electron chi connectivity index (χ3n) is 1.57. The molecular formula is C7H5Cl2NO4S. The SMILES string of the molecule is O=[N+]([O-])c1cc(Cl)ccc1CS(=O)(=O)Cl. The highest BCUT2D eigenvalue weighted by atomic mass is 35.7. The molecule has 82 valence electrons. The molecule has 1 rings (SSSR count). The summed E-state index contributed by atoms with van der Waals surface area (Å²) in [6.45, 7) is 0. The van der Waals surface area contributed by atoms with Crippen molar-refractivity contribution < 1.29 is 13.3 Å². The van der Waals surface area contributed by atoms with Crippen LogP contribution >= 0.6 is 22.3 Å². The van der Waals surface area contributed by atoms with E-state index in [9.17, 15) is 18.5 Å². The Balaban J connectivity index is 3.24. The summed E-state index contributed by atoms with van der Waals surface area (Å²) in [6, 6.07) is 3.71. The maximum absolute atomic E-state index is 10.8. The van der Waals surface area contributed by atoms with Gasteiger partial charge >= 0.3 is 0 Å². The highest BCUT2D eigenvalue weighted by Crippen LogP contribution is 2.25. The van der Waals surface area contributed by atoms with E-state index in [2.05, 4.69) is 0 Å². The number of hydrogen-bond donors (Lipinski definition) is 0. The van der Waals surface area contributed by atoms with Crippen LogP contribution in [0.2, 0.25) is 5.02 Å². The van der Waals surface area contributed by atoms with E-state index in [-0.39, 0.29) is 16.3 Å². The third-order valence-corrected chi connectivity index (χ3v) is 2.79. The molecule has 0 aliphatic carbocycles. The van der Waals surface area contributed by atoms with Gasteiger partial charge in [0.15, 0.2) is 0 Å². The van der Waals surface area contributed by atoms with Crippen molar-refractivity contribution in [1.29, 1.82) is 0 Å². The molecular weight excluding hydrogens is 265 g/mol. The maximum atomic E-state index is 10.8. The van der Waals surface area contributed by atoms with Gasteiger partial charge in [-0.15, -0.1) is 0 Å². The van der Waals surface area contributed by atoms with Gasteiger partial charge in [-0.25, -0.2) is 8.42 Å². The molecule has 0 N–H and O–H groups in total. The van der Waals surface area contributed by atoms with Gasteiger partial charge in [-0.05, 0) is 12.1 Å². The fourth-order valence-corrected chi connectivity index (χ4v) is 2.15. The average molecular weight is 270 g/mol. The molecule has 0 fully saturated rings. The molecule has 0 unspecified atom stereocenters. The van der Waals surface area contributed by atoms with Crippen molar-refractivity contribution >= 4 is 37.0 Å². The first-order chi connectivity index (χ1) is 6.79. The minimum atomic E-state index is -3.82. The van der Waals surface area contributed by atoms with Crippen LogP contribution in [0, 0.1) is 10.1 Å². The van der Waals surface area contributed by atoms with Crippen LogP contribution < -0.4 is 0 Å². The van der Waals surface area contributed by atoms with Crippen LogP contribution in [0.3, 0.4) is 0 Å². The van der Waals surface area contributed by atoms with E-state index in [0.717, 1.165) is 6.07 Å². The molecule has 1 aromatic rings. The molecule has 15 heavy (non-hydrogen) atoms. The predicted octanol–water partition coefficient (Wildman–Crippen LogP) is 2.32. The van der Waals surface area contributed by atoms with Gasteiger partial charge in [0.25, 0.3) is 5.69 Å². The first-order valence-corrected chi connectivity index (χ1v) is 6.50. The van der Waals surface area contributed by atoms with Crippen molar-refractivity contribution in [3.63, 3.8) is 0 Å². The number of rotatable bonds is 3. The van der Waals surface area contributed by atoms with Crippen molar-refractivity contribution in [1.82, 2.24) is 0 Å². The van der Waals surface area contributed by atoms with Crippen LogP contribution in [0.25, 0.3) is 0 Å². The zero-order chi connectivity index (χ0) is 11.6. The van der Waals surface area contributed by atoms with Crippen LogP contribution in [0.5, 0.6) is 0 Å². The van der Waals surface area contributed by atoms with Gasteiger partial charge in [0.1, 0.15) is 0 Å². The number of nitrogens with zero attached hydrogens (tertiary/aromatic N) is 1. The number of hydrogen-bond acceptors (Lipinski definition) is 4. The molecule has 0 aliphatic heterocycles. The maximum Gasteiger partial charge on any atom is 0.275 e. The quantitative estimate of drug-likeness (QED) is 0.479. The van der Waals surface area contributed by atoms with E-state index < -0.39 is 19.7 Å². The van der Waals surface area contributed by atoms with E-state index in [1.807, 2.05) is 0 Å². The van der Waals surface area contributed by atoms with E-state index in [1.54, 1.807) is 0 Å². The van der Waals surface area contributed by atoms with E-state index in [0.29, 0.717) is 0 Å². The topological polar surface area (TPSA) is 77.3 Å². The Morgan fingerprint density at radius 1 is 1.40 bits per heavy atom. The largest absolute Gasteiger partial charge is 0.275 e. The molecule has 0 bridgehead atoms. The lowest BCUT2D eigenvalue weighted by atomic mass is 10.2. The monoisotopic (exact) mass is 269 g/mol. The van der Waals surface area contributed by atoms with Crippen molar-refractivity contribution in [2.75, 3.05) is 0 Å². The van der Waals surface area contributed by atoms with Crippen LogP contribution in [0.4, 0.5) is 5.69 Å². The Hall–Kier alpha value is -0.850. The molecule has 0 aromatic heterocycles. The van der Waals surface area contributed by atoms with E-state index in [4.69, 9.17) is 22.3 Å². The predicted molar refractivity (Wildman–Crippen MR) is 56.6 cm³/mol. The van der Waals surface area contributed by atoms with Crippen molar-refractivity contribution in [2.45, 2.75) is 5.75 Å². The van der Waals surface area contributed by atoms with Gasteiger partial charge in [0, 0.05) is 27.3 Å².